The van der Waals surface area contributed by atoms with Crippen molar-refractivity contribution in [1.29, 1.82) is 0 Å². The molecular formula is C19H21ClN2O3. The smallest absolute Gasteiger partial charge is 0.253 e. The van der Waals surface area contributed by atoms with E-state index < -0.39 is 0 Å². The zero-order valence-corrected chi connectivity index (χ0v) is 15.0. The van der Waals surface area contributed by atoms with Gasteiger partial charge in [-0.25, -0.2) is 0 Å². The van der Waals surface area contributed by atoms with Gasteiger partial charge >= 0.3 is 0 Å². The van der Waals surface area contributed by atoms with Crippen molar-refractivity contribution in [3.8, 4) is 5.75 Å². The van der Waals surface area contributed by atoms with E-state index in [4.69, 9.17) is 16.3 Å². The van der Waals surface area contributed by atoms with Gasteiger partial charge in [-0.2, -0.15) is 0 Å². The number of benzene rings is 2. The Kier molecular flexibility index (Phi) is 6.83. The van der Waals surface area contributed by atoms with E-state index in [9.17, 15) is 9.59 Å². The van der Waals surface area contributed by atoms with E-state index in [1.54, 1.807) is 31.3 Å². The van der Waals surface area contributed by atoms with Gasteiger partial charge in [0.1, 0.15) is 12.4 Å². The van der Waals surface area contributed by atoms with Crippen molar-refractivity contribution >= 4 is 23.4 Å². The fraction of sp³-hybridized carbons (Fsp3) is 0.263. The molecule has 0 bridgehead atoms. The molecule has 2 amide bonds. The Morgan fingerprint density at radius 1 is 1.12 bits per heavy atom. The summed E-state index contributed by atoms with van der Waals surface area (Å²) in [7, 11) is 1.67. The summed E-state index contributed by atoms with van der Waals surface area (Å²) < 4.78 is 5.59. The topological polar surface area (TPSA) is 58.6 Å². The van der Waals surface area contributed by atoms with E-state index in [2.05, 4.69) is 5.32 Å². The molecule has 0 aliphatic carbocycles. The van der Waals surface area contributed by atoms with Crippen molar-refractivity contribution in [3.05, 3.63) is 64.7 Å². The first-order chi connectivity index (χ1) is 12.0. The highest BCUT2D eigenvalue weighted by Crippen LogP contribution is 2.14. The Bertz CT molecular complexity index is 732. The molecule has 25 heavy (non-hydrogen) atoms. The minimum absolute atomic E-state index is 0.0922. The molecule has 0 unspecified atom stereocenters. The number of hydrogen-bond acceptors (Lipinski definition) is 3. The van der Waals surface area contributed by atoms with E-state index in [0.717, 1.165) is 11.3 Å². The molecule has 0 atom stereocenters. The predicted octanol–water partition coefficient (Wildman–Crippen LogP) is 2.92. The average Bonchev–Trinajstić information content (AvgIpc) is 2.61. The Hall–Kier alpha value is -2.53. The number of nitrogens with zero attached hydrogens (tertiary/aromatic N) is 1. The van der Waals surface area contributed by atoms with E-state index in [1.807, 2.05) is 31.2 Å². The van der Waals surface area contributed by atoms with Crippen LogP contribution in [0.1, 0.15) is 15.9 Å². The Balaban J connectivity index is 1.73. The number of aryl methyl sites for hydroxylation is 1. The average molecular weight is 361 g/mol. The first-order valence-electron chi connectivity index (χ1n) is 7.93. The van der Waals surface area contributed by atoms with Crippen LogP contribution in [-0.4, -0.2) is 43.5 Å². The Morgan fingerprint density at radius 3 is 2.48 bits per heavy atom. The van der Waals surface area contributed by atoms with E-state index in [1.165, 1.54) is 4.90 Å². The van der Waals surface area contributed by atoms with Crippen LogP contribution in [0.4, 0.5) is 0 Å². The van der Waals surface area contributed by atoms with Crippen LogP contribution >= 0.6 is 11.6 Å². The van der Waals surface area contributed by atoms with Gasteiger partial charge in [0, 0.05) is 7.05 Å². The van der Waals surface area contributed by atoms with E-state index >= 15 is 0 Å². The molecule has 5 nitrogen and oxygen atoms in total. The fourth-order valence-electron chi connectivity index (χ4n) is 2.09. The van der Waals surface area contributed by atoms with Crippen LogP contribution in [0.5, 0.6) is 5.75 Å². The maximum Gasteiger partial charge on any atom is 0.253 e. The summed E-state index contributed by atoms with van der Waals surface area (Å²) in [6.45, 7) is 2.72. The third-order valence-electron chi connectivity index (χ3n) is 3.66. The van der Waals surface area contributed by atoms with Gasteiger partial charge in [0.05, 0.1) is 23.7 Å². The van der Waals surface area contributed by atoms with Crippen molar-refractivity contribution < 1.29 is 14.3 Å². The van der Waals surface area contributed by atoms with Gasteiger partial charge in [0.25, 0.3) is 5.91 Å². The summed E-state index contributed by atoms with van der Waals surface area (Å²) in [5, 5.41) is 2.93. The molecule has 0 aliphatic heterocycles. The molecule has 132 valence electrons. The van der Waals surface area contributed by atoms with Gasteiger partial charge in [-0.3, -0.25) is 9.59 Å². The van der Waals surface area contributed by atoms with Crippen molar-refractivity contribution in [3.63, 3.8) is 0 Å². The van der Waals surface area contributed by atoms with E-state index in [0.29, 0.717) is 23.7 Å². The van der Waals surface area contributed by atoms with Crippen LogP contribution in [0, 0.1) is 6.92 Å². The van der Waals surface area contributed by atoms with Crippen LogP contribution in [0.2, 0.25) is 5.02 Å². The molecule has 0 aromatic heterocycles. The second kappa shape index (κ2) is 9.08. The molecule has 0 fully saturated rings. The standard InChI is InChI=1S/C19H21ClN2O3/c1-14-7-9-15(10-8-14)25-12-11-22(2)18(23)13-21-19(24)16-5-3-4-6-17(16)20/h3-10H,11-13H2,1-2H3,(H,21,24). The van der Waals surface area contributed by atoms with Crippen LogP contribution in [0.15, 0.2) is 48.5 Å². The Morgan fingerprint density at radius 2 is 1.80 bits per heavy atom. The van der Waals surface area contributed by atoms with Crippen molar-refractivity contribution in [1.82, 2.24) is 10.2 Å². The maximum atomic E-state index is 12.1. The number of carbonyl (C=O) groups is 2. The van der Waals surface area contributed by atoms with Crippen LogP contribution < -0.4 is 10.1 Å². The monoisotopic (exact) mass is 360 g/mol. The van der Waals surface area contributed by atoms with E-state index in [-0.39, 0.29) is 18.4 Å². The lowest BCUT2D eigenvalue weighted by atomic mass is 10.2. The van der Waals surface area contributed by atoms with Crippen molar-refractivity contribution in [2.24, 2.45) is 0 Å². The van der Waals surface area contributed by atoms with Gasteiger partial charge in [0.2, 0.25) is 5.91 Å². The van der Waals surface area contributed by atoms with Crippen molar-refractivity contribution in [2.75, 3.05) is 26.7 Å². The zero-order chi connectivity index (χ0) is 18.2. The number of rotatable bonds is 7. The molecule has 6 heteroatoms. The molecule has 0 heterocycles. The number of halogens is 1. The summed E-state index contributed by atoms with van der Waals surface area (Å²) in [5.74, 6) is 0.189. The summed E-state index contributed by atoms with van der Waals surface area (Å²) in [4.78, 5) is 25.6. The zero-order valence-electron chi connectivity index (χ0n) is 14.3. The quantitative estimate of drug-likeness (QED) is 0.826. The minimum atomic E-state index is -0.372. The number of ether oxygens (including phenoxy) is 1. The molecule has 2 aromatic carbocycles. The highest BCUT2D eigenvalue weighted by atomic mass is 35.5. The molecule has 2 aromatic rings. The minimum Gasteiger partial charge on any atom is -0.492 e. The molecule has 0 saturated carbocycles. The summed E-state index contributed by atoms with van der Waals surface area (Å²) in [6.07, 6.45) is 0. The maximum absolute atomic E-state index is 12.1. The lowest BCUT2D eigenvalue weighted by molar-refractivity contribution is -0.129. The highest BCUT2D eigenvalue weighted by Gasteiger charge is 2.13. The number of carbonyl (C=O) groups excluding carboxylic acids is 2. The van der Waals surface area contributed by atoms with Crippen LogP contribution in [0.3, 0.4) is 0 Å². The van der Waals surface area contributed by atoms with Gasteiger partial charge in [-0.15, -0.1) is 0 Å². The number of amides is 2. The predicted molar refractivity (Wildman–Crippen MR) is 98.1 cm³/mol. The SMILES string of the molecule is Cc1ccc(OCCN(C)C(=O)CNC(=O)c2ccccc2Cl)cc1. The number of hydrogen-bond donors (Lipinski definition) is 1. The molecule has 0 radical (unpaired) electrons. The number of nitrogens with one attached hydrogen (secondary N) is 1. The molecular weight excluding hydrogens is 340 g/mol. The second-order valence-corrected chi connectivity index (χ2v) is 6.05. The van der Waals surface area contributed by atoms with Crippen molar-refractivity contribution in [2.45, 2.75) is 6.92 Å². The molecule has 2 rings (SSSR count). The molecule has 1 N–H and O–H groups in total. The normalized spacial score (nSPS) is 10.2. The lowest BCUT2D eigenvalue weighted by Crippen LogP contribution is -2.39. The van der Waals surface area contributed by atoms with Gasteiger partial charge < -0.3 is 15.0 Å². The molecule has 0 spiro atoms. The van der Waals surface area contributed by atoms with Crippen LogP contribution in [0.25, 0.3) is 0 Å². The summed E-state index contributed by atoms with van der Waals surface area (Å²) in [6, 6.07) is 14.4. The number of likely N-dealkylation sites (N-methyl/N-ethyl adjacent to an activating group) is 1. The fourth-order valence-corrected chi connectivity index (χ4v) is 2.31. The highest BCUT2D eigenvalue weighted by molar-refractivity contribution is 6.33. The van der Waals surface area contributed by atoms with Gasteiger partial charge in [0.15, 0.2) is 0 Å². The molecule has 0 aliphatic rings. The second-order valence-electron chi connectivity index (χ2n) is 5.64. The third kappa shape index (κ3) is 5.80. The molecule has 0 saturated heterocycles. The Labute approximate surface area is 152 Å². The lowest BCUT2D eigenvalue weighted by Gasteiger charge is -2.18. The van der Waals surface area contributed by atoms with Gasteiger partial charge in [-0.1, -0.05) is 41.4 Å². The largest absolute Gasteiger partial charge is 0.492 e. The van der Waals surface area contributed by atoms with Gasteiger partial charge in [-0.05, 0) is 31.2 Å². The first-order valence-corrected chi connectivity index (χ1v) is 8.31. The first kappa shape index (κ1) is 18.8. The van der Waals surface area contributed by atoms with Crippen LogP contribution in [-0.2, 0) is 4.79 Å². The summed E-state index contributed by atoms with van der Waals surface area (Å²) >= 11 is 5.96. The third-order valence-corrected chi connectivity index (χ3v) is 3.99. The summed E-state index contributed by atoms with van der Waals surface area (Å²) in [5.41, 5.74) is 1.51.